The molecule has 0 amide bonds. The molecular formula is C14H22O2. The zero-order valence-corrected chi connectivity index (χ0v) is 10.3. The van der Waals surface area contributed by atoms with Gasteiger partial charge in [0.15, 0.2) is 0 Å². The lowest BCUT2D eigenvalue weighted by molar-refractivity contribution is -0.117. The van der Waals surface area contributed by atoms with E-state index in [0.29, 0.717) is 0 Å². The maximum absolute atomic E-state index is 11.2. The summed E-state index contributed by atoms with van der Waals surface area (Å²) in [4.78, 5) is 11.2. The summed E-state index contributed by atoms with van der Waals surface area (Å²) < 4.78 is 5.56. The Bertz CT molecular complexity index is 254. The summed E-state index contributed by atoms with van der Waals surface area (Å²) in [6, 6.07) is 0. The molecule has 0 aliphatic heterocycles. The number of hydrogen-bond donors (Lipinski definition) is 0. The van der Waals surface area contributed by atoms with Crippen LogP contribution in [0.2, 0.25) is 0 Å². The SMILES string of the molecule is CCCCCC(C=O)C1(OC)C=CCC=C1. The first-order valence-electron chi connectivity index (χ1n) is 6.15. The Balaban J connectivity index is 2.67. The molecule has 0 bridgehead atoms. The molecule has 2 heteroatoms. The number of rotatable bonds is 7. The van der Waals surface area contributed by atoms with Gasteiger partial charge in [0.1, 0.15) is 11.9 Å². The van der Waals surface area contributed by atoms with E-state index in [9.17, 15) is 4.79 Å². The number of hydrogen-bond acceptors (Lipinski definition) is 2. The molecular weight excluding hydrogens is 200 g/mol. The highest BCUT2D eigenvalue weighted by Gasteiger charge is 2.34. The van der Waals surface area contributed by atoms with E-state index in [0.717, 1.165) is 25.5 Å². The van der Waals surface area contributed by atoms with E-state index >= 15 is 0 Å². The standard InChI is InChI=1S/C14H22O2/c1-3-4-6-9-13(12-15)14(16-2)10-7-5-8-11-14/h7-8,10-13H,3-6,9H2,1-2H3. The number of methoxy groups -OCH3 is 1. The van der Waals surface area contributed by atoms with Gasteiger partial charge in [0.2, 0.25) is 0 Å². The Morgan fingerprint density at radius 1 is 1.38 bits per heavy atom. The Morgan fingerprint density at radius 3 is 2.56 bits per heavy atom. The van der Waals surface area contributed by atoms with E-state index in [4.69, 9.17) is 4.74 Å². The molecule has 90 valence electrons. The zero-order valence-electron chi connectivity index (χ0n) is 10.3. The predicted molar refractivity (Wildman–Crippen MR) is 66.3 cm³/mol. The number of allylic oxidation sites excluding steroid dienone is 2. The maximum atomic E-state index is 11.2. The minimum Gasteiger partial charge on any atom is -0.369 e. The predicted octanol–water partition coefficient (Wildman–Crippen LogP) is 3.28. The molecule has 0 aromatic heterocycles. The molecule has 0 aromatic carbocycles. The molecule has 0 spiro atoms. The largest absolute Gasteiger partial charge is 0.369 e. The Kier molecular flexibility index (Phi) is 5.47. The van der Waals surface area contributed by atoms with Gasteiger partial charge in [-0.15, -0.1) is 0 Å². The smallest absolute Gasteiger partial charge is 0.126 e. The summed E-state index contributed by atoms with van der Waals surface area (Å²) in [5.74, 6) is -0.0585. The molecule has 1 aliphatic carbocycles. The minimum absolute atomic E-state index is 0.0585. The summed E-state index contributed by atoms with van der Waals surface area (Å²) in [6.45, 7) is 2.17. The van der Waals surface area contributed by atoms with Crippen molar-refractivity contribution in [3.63, 3.8) is 0 Å². The van der Waals surface area contributed by atoms with Crippen LogP contribution in [-0.4, -0.2) is 19.0 Å². The number of ether oxygens (including phenoxy) is 1. The zero-order chi connectivity index (χ0) is 11.9. The van der Waals surface area contributed by atoms with Gasteiger partial charge >= 0.3 is 0 Å². The first kappa shape index (κ1) is 13.2. The number of carbonyl (C=O) groups is 1. The third kappa shape index (κ3) is 3.05. The Morgan fingerprint density at radius 2 is 2.06 bits per heavy atom. The molecule has 16 heavy (non-hydrogen) atoms. The van der Waals surface area contributed by atoms with Crippen LogP contribution in [0.15, 0.2) is 24.3 Å². The van der Waals surface area contributed by atoms with Crippen LogP contribution in [0.5, 0.6) is 0 Å². The topological polar surface area (TPSA) is 26.3 Å². The molecule has 0 saturated heterocycles. The minimum atomic E-state index is -0.492. The van der Waals surface area contributed by atoms with E-state index in [1.807, 2.05) is 12.2 Å². The van der Waals surface area contributed by atoms with Crippen molar-refractivity contribution in [2.24, 2.45) is 5.92 Å². The first-order chi connectivity index (χ1) is 7.79. The summed E-state index contributed by atoms with van der Waals surface area (Å²) in [7, 11) is 1.68. The highest BCUT2D eigenvalue weighted by atomic mass is 16.5. The van der Waals surface area contributed by atoms with Crippen LogP contribution in [-0.2, 0) is 9.53 Å². The van der Waals surface area contributed by atoms with Crippen molar-refractivity contribution in [3.05, 3.63) is 24.3 Å². The maximum Gasteiger partial charge on any atom is 0.126 e. The van der Waals surface area contributed by atoms with Crippen LogP contribution < -0.4 is 0 Å². The number of carbonyl (C=O) groups excluding carboxylic acids is 1. The molecule has 0 aromatic rings. The second-order valence-corrected chi connectivity index (χ2v) is 4.34. The van der Waals surface area contributed by atoms with Crippen molar-refractivity contribution in [3.8, 4) is 0 Å². The lowest BCUT2D eigenvalue weighted by Crippen LogP contribution is -2.38. The third-order valence-corrected chi connectivity index (χ3v) is 3.24. The second kappa shape index (κ2) is 6.64. The van der Waals surface area contributed by atoms with Gasteiger partial charge in [-0.05, 0) is 12.8 Å². The van der Waals surface area contributed by atoms with Gasteiger partial charge in [-0.3, -0.25) is 0 Å². The lowest BCUT2D eigenvalue weighted by atomic mass is 9.81. The molecule has 1 unspecified atom stereocenters. The van der Waals surface area contributed by atoms with Gasteiger partial charge in [0, 0.05) is 7.11 Å². The number of unbranched alkanes of at least 4 members (excludes halogenated alkanes) is 2. The van der Waals surface area contributed by atoms with E-state index in [2.05, 4.69) is 19.1 Å². The molecule has 1 aliphatic rings. The highest BCUT2D eigenvalue weighted by Crippen LogP contribution is 2.30. The quantitative estimate of drug-likeness (QED) is 0.375. The molecule has 2 nitrogen and oxygen atoms in total. The van der Waals surface area contributed by atoms with E-state index < -0.39 is 5.60 Å². The van der Waals surface area contributed by atoms with Gasteiger partial charge in [0.05, 0.1) is 5.92 Å². The molecule has 0 N–H and O–H groups in total. The molecule has 1 atom stereocenters. The van der Waals surface area contributed by atoms with Gasteiger partial charge in [-0.25, -0.2) is 0 Å². The van der Waals surface area contributed by atoms with Crippen molar-refractivity contribution in [2.45, 2.75) is 44.6 Å². The Hall–Kier alpha value is -0.890. The van der Waals surface area contributed by atoms with E-state index in [1.165, 1.54) is 12.8 Å². The van der Waals surface area contributed by atoms with Gasteiger partial charge in [-0.1, -0.05) is 50.5 Å². The Labute approximate surface area is 98.4 Å². The summed E-state index contributed by atoms with van der Waals surface area (Å²) in [6.07, 6.45) is 14.5. The molecule has 0 fully saturated rings. The van der Waals surface area contributed by atoms with Crippen molar-refractivity contribution >= 4 is 6.29 Å². The normalized spacial score (nSPS) is 19.6. The van der Waals surface area contributed by atoms with Crippen LogP contribution in [0.4, 0.5) is 0 Å². The lowest BCUT2D eigenvalue weighted by Gasteiger charge is -2.33. The first-order valence-corrected chi connectivity index (χ1v) is 6.15. The van der Waals surface area contributed by atoms with E-state index in [-0.39, 0.29) is 5.92 Å². The van der Waals surface area contributed by atoms with Crippen LogP contribution in [0, 0.1) is 5.92 Å². The molecule has 0 radical (unpaired) electrons. The number of aldehydes is 1. The third-order valence-electron chi connectivity index (χ3n) is 3.24. The van der Waals surface area contributed by atoms with E-state index in [1.54, 1.807) is 7.11 Å². The fraction of sp³-hybridized carbons (Fsp3) is 0.643. The van der Waals surface area contributed by atoms with Crippen molar-refractivity contribution in [2.75, 3.05) is 7.11 Å². The van der Waals surface area contributed by atoms with Crippen molar-refractivity contribution < 1.29 is 9.53 Å². The monoisotopic (exact) mass is 222 g/mol. The molecule has 0 heterocycles. The average Bonchev–Trinajstić information content (AvgIpc) is 2.35. The van der Waals surface area contributed by atoms with Crippen molar-refractivity contribution in [1.29, 1.82) is 0 Å². The van der Waals surface area contributed by atoms with Crippen molar-refractivity contribution in [1.82, 2.24) is 0 Å². The fourth-order valence-corrected chi connectivity index (χ4v) is 2.19. The molecule has 1 rings (SSSR count). The van der Waals surface area contributed by atoms with Crippen LogP contribution in [0.3, 0.4) is 0 Å². The van der Waals surface area contributed by atoms with Crippen LogP contribution >= 0.6 is 0 Å². The molecule has 0 saturated carbocycles. The second-order valence-electron chi connectivity index (χ2n) is 4.34. The van der Waals surface area contributed by atoms with Gasteiger partial charge < -0.3 is 9.53 Å². The van der Waals surface area contributed by atoms with Gasteiger partial charge in [-0.2, -0.15) is 0 Å². The van der Waals surface area contributed by atoms with Crippen LogP contribution in [0.1, 0.15) is 39.0 Å². The summed E-state index contributed by atoms with van der Waals surface area (Å²) >= 11 is 0. The highest BCUT2D eigenvalue weighted by molar-refractivity contribution is 5.58. The summed E-state index contributed by atoms with van der Waals surface area (Å²) in [5, 5.41) is 0. The van der Waals surface area contributed by atoms with Gasteiger partial charge in [0.25, 0.3) is 0 Å². The van der Waals surface area contributed by atoms with Crippen LogP contribution in [0.25, 0.3) is 0 Å². The summed E-state index contributed by atoms with van der Waals surface area (Å²) in [5.41, 5.74) is -0.492. The average molecular weight is 222 g/mol. The fourth-order valence-electron chi connectivity index (χ4n) is 2.19.